The molecule has 0 unspecified atom stereocenters. The van der Waals surface area contributed by atoms with Gasteiger partial charge in [0.05, 0.1) is 5.76 Å². The maximum absolute atomic E-state index is 9.89. The van der Waals surface area contributed by atoms with Crippen LogP contribution in [-0.2, 0) is 4.74 Å². The van der Waals surface area contributed by atoms with E-state index < -0.39 is 0 Å². The zero-order chi connectivity index (χ0) is 24.3. The summed E-state index contributed by atoms with van der Waals surface area (Å²) < 4.78 is 6.15. The molecule has 5 heteroatoms. The van der Waals surface area contributed by atoms with Crippen molar-refractivity contribution in [3.8, 4) is 5.75 Å². The van der Waals surface area contributed by atoms with Gasteiger partial charge in [-0.15, -0.1) is 0 Å². The van der Waals surface area contributed by atoms with E-state index in [2.05, 4.69) is 46.7 Å². The molecule has 1 fully saturated rings. The number of aliphatic hydroxyl groups excluding tert-OH is 1. The SMILES string of the molecule is OCCC/C(=C(/C1=CC=C(OCCN2CCNCC2)CC=C1)c1ccc(O)cc1)c1ccccc1. The van der Waals surface area contributed by atoms with Crippen molar-refractivity contribution in [2.45, 2.75) is 19.3 Å². The highest BCUT2D eigenvalue weighted by Crippen LogP contribution is 2.37. The first-order chi connectivity index (χ1) is 17.2. The quantitative estimate of drug-likeness (QED) is 0.435. The number of phenols is 1. The van der Waals surface area contributed by atoms with Crippen molar-refractivity contribution in [2.75, 3.05) is 45.9 Å². The number of hydrogen-bond acceptors (Lipinski definition) is 5. The van der Waals surface area contributed by atoms with Crippen molar-refractivity contribution in [1.29, 1.82) is 0 Å². The normalized spacial score (nSPS) is 17.3. The Bertz CT molecular complexity index is 1060. The van der Waals surface area contributed by atoms with E-state index in [9.17, 15) is 10.2 Å². The zero-order valence-electron chi connectivity index (χ0n) is 20.3. The lowest BCUT2D eigenvalue weighted by Crippen LogP contribution is -2.44. The third-order valence-electron chi connectivity index (χ3n) is 6.42. The number of allylic oxidation sites excluding steroid dienone is 7. The van der Waals surface area contributed by atoms with Crippen LogP contribution in [0.1, 0.15) is 30.4 Å². The largest absolute Gasteiger partial charge is 0.508 e. The minimum atomic E-state index is 0.138. The molecule has 2 aromatic carbocycles. The molecular weight excluding hydrogens is 436 g/mol. The predicted molar refractivity (Wildman–Crippen MR) is 143 cm³/mol. The molecule has 3 N–H and O–H groups in total. The number of phenolic OH excluding ortho intramolecular Hbond substituents is 1. The van der Waals surface area contributed by atoms with Gasteiger partial charge in [-0.25, -0.2) is 0 Å². The van der Waals surface area contributed by atoms with Crippen LogP contribution in [-0.4, -0.2) is 61.1 Å². The Balaban J connectivity index is 1.64. The van der Waals surface area contributed by atoms with E-state index in [-0.39, 0.29) is 12.4 Å². The summed E-state index contributed by atoms with van der Waals surface area (Å²) in [4.78, 5) is 2.43. The van der Waals surface area contributed by atoms with E-state index in [1.54, 1.807) is 12.1 Å². The maximum atomic E-state index is 9.89. The van der Waals surface area contributed by atoms with E-state index in [1.807, 2.05) is 30.3 Å². The molecule has 0 atom stereocenters. The molecule has 1 saturated heterocycles. The van der Waals surface area contributed by atoms with E-state index >= 15 is 0 Å². The standard InChI is InChI=1S/C30H36N2O3/c33-22-5-10-29(24-6-2-1-3-7-24)30(26-11-14-27(34)15-12-26)25-8-4-9-28(16-13-25)35-23-21-32-19-17-31-18-20-32/h1-4,6-8,11-16,31,33-34H,5,9-10,17-23H2/b30-29+. The van der Waals surface area contributed by atoms with Crippen molar-refractivity contribution in [2.24, 2.45) is 0 Å². The van der Waals surface area contributed by atoms with Crippen molar-refractivity contribution >= 4 is 11.1 Å². The van der Waals surface area contributed by atoms with Crippen LogP contribution in [0.4, 0.5) is 0 Å². The number of aromatic hydroxyl groups is 1. The van der Waals surface area contributed by atoms with Crippen LogP contribution in [0.2, 0.25) is 0 Å². The summed E-state index contributed by atoms with van der Waals surface area (Å²) in [5.74, 6) is 1.21. The van der Waals surface area contributed by atoms with Crippen LogP contribution in [0, 0.1) is 0 Å². The number of rotatable bonds is 10. The minimum absolute atomic E-state index is 0.138. The Hall–Kier alpha value is -3.12. The van der Waals surface area contributed by atoms with Gasteiger partial charge in [0.15, 0.2) is 0 Å². The average Bonchev–Trinajstić information content (AvgIpc) is 3.14. The molecule has 35 heavy (non-hydrogen) atoms. The molecule has 0 aromatic heterocycles. The van der Waals surface area contributed by atoms with Gasteiger partial charge >= 0.3 is 0 Å². The van der Waals surface area contributed by atoms with E-state index in [0.29, 0.717) is 13.0 Å². The molecule has 1 aliphatic heterocycles. The van der Waals surface area contributed by atoms with Gasteiger partial charge in [0, 0.05) is 45.8 Å². The van der Waals surface area contributed by atoms with Crippen LogP contribution in [0.25, 0.3) is 11.1 Å². The number of aliphatic hydroxyl groups is 1. The summed E-state index contributed by atoms with van der Waals surface area (Å²) in [7, 11) is 0. The number of piperazine rings is 1. The van der Waals surface area contributed by atoms with Crippen molar-refractivity contribution in [1.82, 2.24) is 10.2 Å². The lowest BCUT2D eigenvalue weighted by molar-refractivity contribution is 0.145. The highest BCUT2D eigenvalue weighted by atomic mass is 16.5. The van der Waals surface area contributed by atoms with Crippen LogP contribution in [0.15, 0.2) is 90.2 Å². The van der Waals surface area contributed by atoms with Gasteiger partial charge in [-0.3, -0.25) is 4.90 Å². The molecule has 4 rings (SSSR count). The summed E-state index contributed by atoms with van der Waals surface area (Å²) >= 11 is 0. The lowest BCUT2D eigenvalue weighted by atomic mass is 9.86. The number of hydrogen-bond donors (Lipinski definition) is 3. The first-order valence-electron chi connectivity index (χ1n) is 12.6. The van der Waals surface area contributed by atoms with Gasteiger partial charge in [0.25, 0.3) is 0 Å². The third-order valence-corrected chi connectivity index (χ3v) is 6.42. The Morgan fingerprint density at radius 3 is 2.46 bits per heavy atom. The summed E-state index contributed by atoms with van der Waals surface area (Å²) in [6, 6.07) is 17.7. The molecule has 0 saturated carbocycles. The Kier molecular flexibility index (Phi) is 9.35. The number of nitrogens with zero attached hydrogens (tertiary/aromatic N) is 1. The highest BCUT2D eigenvalue weighted by Gasteiger charge is 2.16. The van der Waals surface area contributed by atoms with Gasteiger partial charge in [0.2, 0.25) is 0 Å². The number of benzene rings is 2. The fourth-order valence-corrected chi connectivity index (χ4v) is 4.57. The van der Waals surface area contributed by atoms with Crippen LogP contribution in [0.3, 0.4) is 0 Å². The molecule has 2 aliphatic rings. The van der Waals surface area contributed by atoms with Crippen molar-refractivity contribution < 1.29 is 14.9 Å². The molecule has 1 heterocycles. The van der Waals surface area contributed by atoms with Gasteiger partial charge in [-0.2, -0.15) is 0 Å². The summed E-state index contributed by atoms with van der Waals surface area (Å²) in [6.07, 6.45) is 10.7. The molecule has 1 aliphatic carbocycles. The van der Waals surface area contributed by atoms with E-state index in [4.69, 9.17) is 4.74 Å². The predicted octanol–water partition coefficient (Wildman–Crippen LogP) is 4.77. The molecule has 5 nitrogen and oxygen atoms in total. The van der Waals surface area contributed by atoms with Gasteiger partial charge < -0.3 is 20.3 Å². The number of ether oxygens (including phenoxy) is 1. The van der Waals surface area contributed by atoms with Crippen molar-refractivity contribution in [3.05, 3.63) is 101 Å². The number of nitrogens with one attached hydrogen (secondary N) is 1. The van der Waals surface area contributed by atoms with E-state index in [0.717, 1.165) is 73.6 Å². The fourth-order valence-electron chi connectivity index (χ4n) is 4.57. The zero-order valence-corrected chi connectivity index (χ0v) is 20.3. The lowest BCUT2D eigenvalue weighted by Gasteiger charge is -2.27. The molecule has 184 valence electrons. The van der Waals surface area contributed by atoms with Crippen LogP contribution in [0.5, 0.6) is 5.75 Å². The summed E-state index contributed by atoms with van der Waals surface area (Å²) in [5.41, 5.74) is 5.55. The summed E-state index contributed by atoms with van der Waals surface area (Å²) in [6.45, 7) is 6.01. The van der Waals surface area contributed by atoms with Gasteiger partial charge in [0.1, 0.15) is 12.4 Å². The molecule has 2 aromatic rings. The van der Waals surface area contributed by atoms with Crippen molar-refractivity contribution in [3.63, 3.8) is 0 Å². The Morgan fingerprint density at radius 2 is 1.71 bits per heavy atom. The maximum Gasteiger partial charge on any atom is 0.115 e. The average molecular weight is 473 g/mol. The third kappa shape index (κ3) is 7.18. The van der Waals surface area contributed by atoms with Crippen LogP contribution >= 0.6 is 0 Å². The van der Waals surface area contributed by atoms with E-state index in [1.165, 1.54) is 5.57 Å². The second-order valence-electron chi connectivity index (χ2n) is 8.90. The first-order valence-corrected chi connectivity index (χ1v) is 12.6. The molecule has 0 amide bonds. The molecule has 0 spiro atoms. The second kappa shape index (κ2) is 13.1. The smallest absolute Gasteiger partial charge is 0.115 e. The topological polar surface area (TPSA) is 65.0 Å². The monoisotopic (exact) mass is 472 g/mol. The summed E-state index contributed by atoms with van der Waals surface area (Å²) in [5, 5.41) is 22.9. The molecule has 0 bridgehead atoms. The van der Waals surface area contributed by atoms with Gasteiger partial charge in [-0.1, -0.05) is 60.7 Å². The second-order valence-corrected chi connectivity index (χ2v) is 8.90. The fraction of sp³-hybridized carbons (Fsp3) is 0.333. The molecule has 0 radical (unpaired) electrons. The highest BCUT2D eigenvalue weighted by molar-refractivity contribution is 6.00. The van der Waals surface area contributed by atoms with Crippen LogP contribution < -0.4 is 5.32 Å². The molecular formula is C30H36N2O3. The Labute approximate surface area is 208 Å². The Morgan fingerprint density at radius 1 is 0.943 bits per heavy atom. The first kappa shape index (κ1) is 25.0. The minimum Gasteiger partial charge on any atom is -0.508 e. The van der Waals surface area contributed by atoms with Gasteiger partial charge in [-0.05, 0) is 58.9 Å².